The molecule has 1 saturated heterocycles. The predicted octanol–water partition coefficient (Wildman–Crippen LogP) is 3.64. The van der Waals surface area contributed by atoms with Crippen LogP contribution in [-0.2, 0) is 6.54 Å². The number of carbonyl (C=O) groups is 1. The Balaban J connectivity index is 1.57. The number of nitrogens with zero attached hydrogens (tertiary/aromatic N) is 1. The van der Waals surface area contributed by atoms with E-state index < -0.39 is 5.60 Å². The Bertz CT molecular complexity index is 824. The van der Waals surface area contributed by atoms with E-state index in [1.54, 1.807) is 18.2 Å². The summed E-state index contributed by atoms with van der Waals surface area (Å²) in [5.41, 5.74) is 0.543. The zero-order chi connectivity index (χ0) is 18.1. The second kappa shape index (κ2) is 6.89. The minimum Gasteiger partial charge on any atom is -0.483 e. The zero-order valence-corrected chi connectivity index (χ0v) is 15.1. The van der Waals surface area contributed by atoms with Gasteiger partial charge in [-0.1, -0.05) is 29.8 Å². The third-order valence-corrected chi connectivity index (χ3v) is 5.45. The van der Waals surface area contributed by atoms with Crippen molar-refractivity contribution in [2.45, 2.75) is 25.0 Å². The average Bonchev–Trinajstić information content (AvgIpc) is 2.76. The maximum atomic E-state index is 14.2. The van der Waals surface area contributed by atoms with Crippen LogP contribution in [0, 0.1) is 5.82 Å². The topological polar surface area (TPSA) is 41.6 Å². The van der Waals surface area contributed by atoms with E-state index >= 15 is 0 Å². The minimum atomic E-state index is -0.516. The summed E-state index contributed by atoms with van der Waals surface area (Å²) in [4.78, 5) is 14.5. The van der Waals surface area contributed by atoms with Crippen LogP contribution in [0.1, 0.15) is 28.8 Å². The van der Waals surface area contributed by atoms with Gasteiger partial charge in [0.1, 0.15) is 17.2 Å². The number of rotatable bonds is 2. The number of amides is 1. The number of nitrogens with one attached hydrogen (secondary N) is 1. The second-order valence-corrected chi connectivity index (χ2v) is 7.39. The number of carbonyl (C=O) groups excluding carboxylic acids is 1. The van der Waals surface area contributed by atoms with E-state index in [2.05, 4.69) is 10.2 Å². The van der Waals surface area contributed by atoms with Crippen molar-refractivity contribution < 1.29 is 13.9 Å². The molecule has 6 heteroatoms. The molecule has 2 heterocycles. The van der Waals surface area contributed by atoms with Gasteiger partial charge in [-0.25, -0.2) is 4.39 Å². The highest BCUT2D eigenvalue weighted by molar-refractivity contribution is 6.31. The molecule has 0 bridgehead atoms. The summed E-state index contributed by atoms with van der Waals surface area (Å²) in [6.45, 7) is 2.30. The van der Waals surface area contributed by atoms with Crippen molar-refractivity contribution in [3.05, 3.63) is 64.4 Å². The minimum absolute atomic E-state index is 0.119. The molecule has 0 radical (unpaired) electrons. The summed E-state index contributed by atoms with van der Waals surface area (Å²) in [7, 11) is 0. The quantitative estimate of drug-likeness (QED) is 0.872. The van der Waals surface area contributed by atoms with Crippen LogP contribution < -0.4 is 10.1 Å². The van der Waals surface area contributed by atoms with E-state index in [9.17, 15) is 9.18 Å². The van der Waals surface area contributed by atoms with Crippen molar-refractivity contribution in [2.75, 3.05) is 19.6 Å². The van der Waals surface area contributed by atoms with Gasteiger partial charge in [-0.2, -0.15) is 0 Å². The van der Waals surface area contributed by atoms with E-state index in [0.29, 0.717) is 41.5 Å². The SMILES string of the molecule is O=C1NCC2(CCCN(Cc3c(F)cccc3Cl)C2)Oc2ccccc21. The number of ether oxygens (including phenoxy) is 1. The van der Waals surface area contributed by atoms with Crippen LogP contribution in [0.3, 0.4) is 0 Å². The molecule has 1 fully saturated rings. The molecule has 1 atom stereocenters. The molecule has 1 spiro atoms. The molecule has 2 aliphatic rings. The molecule has 1 N–H and O–H groups in total. The Morgan fingerprint density at radius 3 is 2.92 bits per heavy atom. The van der Waals surface area contributed by atoms with Crippen LogP contribution >= 0.6 is 11.6 Å². The summed E-state index contributed by atoms with van der Waals surface area (Å²) in [5, 5.41) is 3.41. The van der Waals surface area contributed by atoms with Crippen molar-refractivity contribution in [3.63, 3.8) is 0 Å². The highest BCUT2D eigenvalue weighted by atomic mass is 35.5. The summed E-state index contributed by atoms with van der Waals surface area (Å²) >= 11 is 6.18. The third-order valence-electron chi connectivity index (χ3n) is 5.09. The fraction of sp³-hybridized carbons (Fsp3) is 0.350. The Kier molecular flexibility index (Phi) is 4.59. The first-order valence-electron chi connectivity index (χ1n) is 8.78. The monoisotopic (exact) mass is 374 g/mol. The number of benzene rings is 2. The Morgan fingerprint density at radius 2 is 2.08 bits per heavy atom. The fourth-order valence-electron chi connectivity index (χ4n) is 3.81. The molecule has 0 aliphatic carbocycles. The molecule has 0 saturated carbocycles. The number of para-hydroxylation sites is 1. The van der Waals surface area contributed by atoms with Crippen LogP contribution in [0.2, 0.25) is 5.02 Å². The molecule has 0 aromatic heterocycles. The van der Waals surface area contributed by atoms with Crippen LogP contribution in [0.25, 0.3) is 0 Å². The van der Waals surface area contributed by atoms with Crippen LogP contribution in [-0.4, -0.2) is 36.0 Å². The summed E-state index contributed by atoms with van der Waals surface area (Å²) in [6.07, 6.45) is 1.74. The number of halogens is 2. The zero-order valence-electron chi connectivity index (χ0n) is 14.3. The van der Waals surface area contributed by atoms with E-state index in [1.165, 1.54) is 6.07 Å². The maximum Gasteiger partial charge on any atom is 0.255 e. The van der Waals surface area contributed by atoms with Crippen molar-refractivity contribution in [1.29, 1.82) is 0 Å². The fourth-order valence-corrected chi connectivity index (χ4v) is 4.03. The lowest BCUT2D eigenvalue weighted by Gasteiger charge is -2.42. The number of fused-ring (bicyclic) bond motifs is 1. The van der Waals surface area contributed by atoms with Gasteiger partial charge in [-0.15, -0.1) is 0 Å². The molecule has 1 amide bonds. The number of hydrogen-bond donors (Lipinski definition) is 1. The standard InChI is InChI=1S/C20H20ClFN2O2/c21-16-6-3-7-17(22)15(16)11-24-10-4-9-20(13-24)12-23-19(25)14-5-1-2-8-18(14)26-20/h1-3,5-8H,4,9-13H2,(H,23,25). The van der Waals surface area contributed by atoms with Crippen molar-refractivity contribution in [2.24, 2.45) is 0 Å². The normalized spacial score (nSPS) is 23.1. The first-order chi connectivity index (χ1) is 12.6. The summed E-state index contributed by atoms with van der Waals surface area (Å²) in [5.74, 6) is 0.192. The Labute approximate surface area is 156 Å². The van der Waals surface area contributed by atoms with Gasteiger partial charge in [0.15, 0.2) is 0 Å². The van der Waals surface area contributed by atoms with Gasteiger partial charge in [0.25, 0.3) is 5.91 Å². The number of hydrogen-bond acceptors (Lipinski definition) is 3. The smallest absolute Gasteiger partial charge is 0.255 e. The lowest BCUT2D eigenvalue weighted by atomic mass is 9.92. The molecule has 2 aliphatic heterocycles. The Morgan fingerprint density at radius 1 is 1.23 bits per heavy atom. The van der Waals surface area contributed by atoms with Crippen LogP contribution in [0.4, 0.5) is 4.39 Å². The summed E-state index contributed by atoms with van der Waals surface area (Å²) in [6, 6.07) is 12.0. The van der Waals surface area contributed by atoms with E-state index in [4.69, 9.17) is 16.3 Å². The molecule has 4 nitrogen and oxygen atoms in total. The highest BCUT2D eigenvalue weighted by Gasteiger charge is 2.40. The molecular weight excluding hydrogens is 355 g/mol. The average molecular weight is 375 g/mol. The van der Waals surface area contributed by atoms with E-state index in [-0.39, 0.29) is 11.7 Å². The summed E-state index contributed by atoms with van der Waals surface area (Å²) < 4.78 is 20.5. The van der Waals surface area contributed by atoms with Gasteiger partial charge in [0.2, 0.25) is 0 Å². The van der Waals surface area contributed by atoms with Gasteiger partial charge >= 0.3 is 0 Å². The highest BCUT2D eigenvalue weighted by Crippen LogP contribution is 2.33. The molecule has 4 rings (SSSR count). The third kappa shape index (κ3) is 3.29. The van der Waals surface area contributed by atoms with Crippen molar-refractivity contribution >= 4 is 17.5 Å². The van der Waals surface area contributed by atoms with Crippen molar-refractivity contribution in [3.8, 4) is 5.75 Å². The van der Waals surface area contributed by atoms with Gasteiger partial charge in [0.05, 0.1) is 12.1 Å². The van der Waals surface area contributed by atoms with Gasteiger partial charge in [-0.05, 0) is 43.7 Å². The maximum absolute atomic E-state index is 14.2. The van der Waals surface area contributed by atoms with Gasteiger partial charge in [-0.3, -0.25) is 9.69 Å². The molecule has 1 unspecified atom stereocenters. The largest absolute Gasteiger partial charge is 0.483 e. The first-order valence-corrected chi connectivity index (χ1v) is 9.16. The number of piperidine rings is 1. The molecule has 136 valence electrons. The van der Waals surface area contributed by atoms with Crippen molar-refractivity contribution in [1.82, 2.24) is 10.2 Å². The molecule has 2 aromatic rings. The lowest BCUT2D eigenvalue weighted by molar-refractivity contribution is -0.00734. The van der Waals surface area contributed by atoms with Gasteiger partial charge < -0.3 is 10.1 Å². The van der Waals surface area contributed by atoms with E-state index in [0.717, 1.165) is 19.4 Å². The van der Waals surface area contributed by atoms with E-state index in [1.807, 2.05) is 18.2 Å². The number of likely N-dealkylation sites (tertiary alicyclic amines) is 1. The van der Waals surface area contributed by atoms with Gasteiger partial charge in [0, 0.05) is 23.7 Å². The molecular formula is C20H20ClFN2O2. The molecule has 2 aromatic carbocycles. The lowest BCUT2D eigenvalue weighted by Crippen LogP contribution is -2.56. The second-order valence-electron chi connectivity index (χ2n) is 6.98. The Hall–Kier alpha value is -2.11. The first kappa shape index (κ1) is 17.3. The van der Waals surface area contributed by atoms with Crippen LogP contribution in [0.15, 0.2) is 42.5 Å². The van der Waals surface area contributed by atoms with Crippen LogP contribution in [0.5, 0.6) is 5.75 Å². The predicted molar refractivity (Wildman–Crippen MR) is 98.1 cm³/mol. The molecule has 26 heavy (non-hydrogen) atoms.